The standard InChI is InChI=1S/C15H19N5O3/c1-11-9-14(20(22)23)13(19-7-5-18(2)6-8-19)10-12(11)17-15(21)3-4-16/h9-10H,3,5-8H2,1-2H3,(H,17,21). The van der Waals surface area contributed by atoms with Crippen molar-refractivity contribution in [3.05, 3.63) is 27.8 Å². The molecule has 0 aliphatic carbocycles. The Labute approximate surface area is 134 Å². The van der Waals surface area contributed by atoms with Crippen molar-refractivity contribution in [3.63, 3.8) is 0 Å². The lowest BCUT2D eigenvalue weighted by atomic mass is 10.1. The average molecular weight is 317 g/mol. The topological polar surface area (TPSA) is 103 Å². The lowest BCUT2D eigenvalue weighted by Crippen LogP contribution is -2.44. The van der Waals surface area contributed by atoms with Crippen molar-refractivity contribution in [1.29, 1.82) is 5.26 Å². The zero-order valence-electron chi connectivity index (χ0n) is 13.2. The number of rotatable bonds is 4. The van der Waals surface area contributed by atoms with E-state index < -0.39 is 10.8 Å². The lowest BCUT2D eigenvalue weighted by Gasteiger charge is -2.34. The quantitative estimate of drug-likeness (QED) is 0.667. The van der Waals surface area contributed by atoms with Crippen LogP contribution in [0.2, 0.25) is 0 Å². The third kappa shape index (κ3) is 3.96. The van der Waals surface area contributed by atoms with E-state index in [1.54, 1.807) is 19.1 Å². The minimum absolute atomic E-state index is 0.0327. The van der Waals surface area contributed by atoms with E-state index in [-0.39, 0.29) is 12.1 Å². The van der Waals surface area contributed by atoms with Gasteiger partial charge in [0.1, 0.15) is 12.1 Å². The van der Waals surface area contributed by atoms with Crippen molar-refractivity contribution in [2.45, 2.75) is 13.3 Å². The molecule has 23 heavy (non-hydrogen) atoms. The van der Waals surface area contributed by atoms with Gasteiger partial charge in [0.05, 0.1) is 11.0 Å². The Morgan fingerprint density at radius 1 is 1.39 bits per heavy atom. The van der Waals surface area contributed by atoms with Gasteiger partial charge in [-0.25, -0.2) is 0 Å². The number of carbonyl (C=O) groups excluding carboxylic acids is 1. The molecule has 0 aromatic heterocycles. The highest BCUT2D eigenvalue weighted by Crippen LogP contribution is 2.34. The smallest absolute Gasteiger partial charge is 0.292 e. The fourth-order valence-electron chi connectivity index (χ4n) is 2.53. The summed E-state index contributed by atoms with van der Waals surface area (Å²) in [6, 6.07) is 4.88. The van der Waals surface area contributed by atoms with Gasteiger partial charge in [0, 0.05) is 37.9 Å². The van der Waals surface area contributed by atoms with Crippen LogP contribution >= 0.6 is 0 Å². The highest BCUT2D eigenvalue weighted by molar-refractivity contribution is 5.94. The monoisotopic (exact) mass is 317 g/mol. The number of anilines is 2. The van der Waals surface area contributed by atoms with Gasteiger partial charge in [-0.3, -0.25) is 14.9 Å². The van der Waals surface area contributed by atoms with Crippen molar-refractivity contribution >= 4 is 23.0 Å². The van der Waals surface area contributed by atoms with Gasteiger partial charge in [-0.15, -0.1) is 0 Å². The molecule has 0 spiro atoms. The zero-order valence-corrected chi connectivity index (χ0v) is 13.2. The number of hydrogen-bond acceptors (Lipinski definition) is 6. The molecule has 1 aromatic carbocycles. The zero-order chi connectivity index (χ0) is 17.0. The Balaban J connectivity index is 2.36. The van der Waals surface area contributed by atoms with E-state index in [0.29, 0.717) is 30.0 Å². The van der Waals surface area contributed by atoms with Crippen LogP contribution < -0.4 is 10.2 Å². The number of amides is 1. The summed E-state index contributed by atoms with van der Waals surface area (Å²) in [7, 11) is 2.01. The van der Waals surface area contributed by atoms with Crippen molar-refractivity contribution in [2.24, 2.45) is 0 Å². The van der Waals surface area contributed by atoms with Gasteiger partial charge in [-0.1, -0.05) is 0 Å². The minimum Gasteiger partial charge on any atom is -0.363 e. The average Bonchev–Trinajstić information content (AvgIpc) is 2.50. The lowest BCUT2D eigenvalue weighted by molar-refractivity contribution is -0.384. The van der Waals surface area contributed by atoms with Crippen LogP contribution in [0.4, 0.5) is 17.1 Å². The second-order valence-electron chi connectivity index (χ2n) is 5.59. The molecule has 2 rings (SSSR count). The maximum absolute atomic E-state index is 11.6. The first-order valence-electron chi connectivity index (χ1n) is 7.31. The number of likely N-dealkylation sites (N-methyl/N-ethyl adjacent to an activating group) is 1. The number of nitriles is 1. The molecule has 1 heterocycles. The van der Waals surface area contributed by atoms with Crippen LogP contribution in [-0.4, -0.2) is 49.0 Å². The molecule has 1 saturated heterocycles. The Bertz CT molecular complexity index is 660. The number of nitrogens with one attached hydrogen (secondary N) is 1. The molecule has 1 amide bonds. The van der Waals surface area contributed by atoms with Gasteiger partial charge >= 0.3 is 0 Å². The molecule has 1 fully saturated rings. The molecule has 0 radical (unpaired) electrons. The van der Waals surface area contributed by atoms with Crippen molar-refractivity contribution < 1.29 is 9.72 Å². The predicted octanol–water partition coefficient (Wildman–Crippen LogP) is 1.51. The van der Waals surface area contributed by atoms with Gasteiger partial charge in [0.15, 0.2) is 0 Å². The fourth-order valence-corrected chi connectivity index (χ4v) is 2.53. The largest absolute Gasteiger partial charge is 0.363 e. The first-order chi connectivity index (χ1) is 10.9. The SMILES string of the molecule is Cc1cc([N+](=O)[O-])c(N2CCN(C)CC2)cc1NC(=O)CC#N. The number of benzene rings is 1. The van der Waals surface area contributed by atoms with Crippen LogP contribution in [0.5, 0.6) is 0 Å². The molecule has 0 bridgehead atoms. The van der Waals surface area contributed by atoms with Gasteiger partial charge < -0.3 is 15.1 Å². The van der Waals surface area contributed by atoms with E-state index in [2.05, 4.69) is 10.2 Å². The highest BCUT2D eigenvalue weighted by atomic mass is 16.6. The first kappa shape index (κ1) is 16.7. The van der Waals surface area contributed by atoms with Gasteiger partial charge in [0.2, 0.25) is 5.91 Å². The molecular weight excluding hydrogens is 298 g/mol. The summed E-state index contributed by atoms with van der Waals surface area (Å²) in [4.78, 5) is 26.7. The Hall–Kier alpha value is -2.66. The summed E-state index contributed by atoms with van der Waals surface area (Å²) in [5, 5.41) is 22.6. The molecular formula is C15H19N5O3. The Morgan fingerprint density at radius 2 is 2.04 bits per heavy atom. The van der Waals surface area contributed by atoms with Crippen LogP contribution in [0.3, 0.4) is 0 Å². The summed E-state index contributed by atoms with van der Waals surface area (Å²) in [5.74, 6) is -0.422. The van der Waals surface area contributed by atoms with Gasteiger partial charge in [-0.05, 0) is 25.6 Å². The maximum atomic E-state index is 11.6. The molecule has 1 aromatic rings. The van der Waals surface area contributed by atoms with Crippen LogP contribution in [0, 0.1) is 28.4 Å². The highest BCUT2D eigenvalue weighted by Gasteiger charge is 2.24. The fraction of sp³-hybridized carbons (Fsp3) is 0.467. The normalized spacial score (nSPS) is 15.1. The van der Waals surface area contributed by atoms with Crippen LogP contribution in [0.1, 0.15) is 12.0 Å². The van der Waals surface area contributed by atoms with Gasteiger partial charge in [0.25, 0.3) is 5.69 Å². The number of nitro benzene ring substituents is 1. The second-order valence-corrected chi connectivity index (χ2v) is 5.59. The third-order valence-corrected chi connectivity index (χ3v) is 3.88. The number of nitrogens with zero attached hydrogens (tertiary/aromatic N) is 4. The molecule has 1 aliphatic heterocycles. The molecule has 0 atom stereocenters. The van der Waals surface area contributed by atoms with E-state index in [1.165, 1.54) is 6.07 Å². The van der Waals surface area contributed by atoms with Crippen molar-refractivity contribution in [3.8, 4) is 6.07 Å². The van der Waals surface area contributed by atoms with E-state index in [0.717, 1.165) is 13.1 Å². The number of carbonyl (C=O) groups is 1. The Morgan fingerprint density at radius 3 is 2.61 bits per heavy atom. The number of hydrogen-bond donors (Lipinski definition) is 1. The van der Waals surface area contributed by atoms with E-state index in [4.69, 9.17) is 5.26 Å². The maximum Gasteiger partial charge on any atom is 0.292 e. The second kappa shape index (κ2) is 7.07. The van der Waals surface area contributed by atoms with Crippen LogP contribution in [-0.2, 0) is 4.79 Å². The van der Waals surface area contributed by atoms with E-state index in [9.17, 15) is 14.9 Å². The van der Waals surface area contributed by atoms with E-state index >= 15 is 0 Å². The Kier molecular flexibility index (Phi) is 5.13. The van der Waals surface area contributed by atoms with Gasteiger partial charge in [-0.2, -0.15) is 5.26 Å². The van der Waals surface area contributed by atoms with Crippen LogP contribution in [0.15, 0.2) is 12.1 Å². The molecule has 122 valence electrons. The predicted molar refractivity (Wildman–Crippen MR) is 86.4 cm³/mol. The number of piperazine rings is 1. The number of aryl methyl sites for hydroxylation is 1. The molecule has 1 N–H and O–H groups in total. The molecule has 1 aliphatic rings. The molecule has 8 heteroatoms. The van der Waals surface area contributed by atoms with Crippen molar-refractivity contribution in [2.75, 3.05) is 43.4 Å². The molecule has 0 saturated carbocycles. The minimum atomic E-state index is -0.422. The number of nitro groups is 1. The summed E-state index contributed by atoms with van der Waals surface area (Å²) in [5.41, 5.74) is 1.64. The van der Waals surface area contributed by atoms with Crippen LogP contribution in [0.25, 0.3) is 0 Å². The summed E-state index contributed by atoms with van der Waals surface area (Å²) < 4.78 is 0. The summed E-state index contributed by atoms with van der Waals surface area (Å²) in [6.45, 7) is 4.71. The summed E-state index contributed by atoms with van der Waals surface area (Å²) in [6.07, 6.45) is -0.250. The molecule has 8 nitrogen and oxygen atoms in total. The third-order valence-electron chi connectivity index (χ3n) is 3.88. The van der Waals surface area contributed by atoms with E-state index in [1.807, 2.05) is 11.9 Å². The molecule has 0 unspecified atom stereocenters. The first-order valence-corrected chi connectivity index (χ1v) is 7.31. The summed E-state index contributed by atoms with van der Waals surface area (Å²) >= 11 is 0. The van der Waals surface area contributed by atoms with Crippen molar-refractivity contribution in [1.82, 2.24) is 4.90 Å².